The van der Waals surface area contributed by atoms with Crippen LogP contribution in [0.4, 0.5) is 0 Å². The highest BCUT2D eigenvalue weighted by atomic mass is 14.9. The average Bonchev–Trinajstić information content (AvgIpc) is 2.81. The minimum atomic E-state index is 0.0388. The fraction of sp³-hybridized carbons (Fsp3) is 0.310. The summed E-state index contributed by atoms with van der Waals surface area (Å²) >= 11 is 0. The molecule has 0 N–H and O–H groups in total. The second-order valence-electron chi connectivity index (χ2n) is 8.94. The van der Waals surface area contributed by atoms with Crippen molar-refractivity contribution < 1.29 is 0 Å². The number of nitrogens with zero attached hydrogens (tertiary/aromatic N) is 2. The van der Waals surface area contributed by atoms with Gasteiger partial charge in [0, 0.05) is 17.0 Å². The molecule has 2 atom stereocenters. The third kappa shape index (κ3) is 3.54. The van der Waals surface area contributed by atoms with E-state index in [1.807, 2.05) is 12.2 Å². The van der Waals surface area contributed by atoms with Gasteiger partial charge < -0.3 is 0 Å². The first-order valence-electron chi connectivity index (χ1n) is 11.5. The van der Waals surface area contributed by atoms with Crippen LogP contribution in [0.5, 0.6) is 0 Å². The summed E-state index contributed by atoms with van der Waals surface area (Å²) in [6.07, 6.45) is 10.8. The quantitative estimate of drug-likeness (QED) is 0.532. The van der Waals surface area contributed by atoms with E-state index in [0.717, 1.165) is 29.8 Å². The van der Waals surface area contributed by atoms with Crippen LogP contribution in [0, 0.1) is 0 Å². The van der Waals surface area contributed by atoms with Crippen molar-refractivity contribution in [2.75, 3.05) is 6.54 Å². The number of rotatable bonds is 2. The minimum Gasteiger partial charge on any atom is -0.280 e. The molecule has 2 heteroatoms. The van der Waals surface area contributed by atoms with Crippen LogP contribution in [0.2, 0.25) is 0 Å². The van der Waals surface area contributed by atoms with Crippen molar-refractivity contribution >= 4 is 11.4 Å². The SMILES string of the molecule is C=CC1=NCC(=C)C2N=C(C=C)c3ccccc3C2CCc2cc3c(cc21)CCCC3. The molecule has 0 fully saturated rings. The maximum atomic E-state index is 5.10. The Morgan fingerprint density at radius 1 is 0.839 bits per heavy atom. The number of hydrogen-bond acceptors (Lipinski definition) is 2. The molecule has 0 spiro atoms. The third-order valence-electron chi connectivity index (χ3n) is 7.12. The van der Waals surface area contributed by atoms with E-state index < -0.39 is 0 Å². The molecule has 156 valence electrons. The Morgan fingerprint density at radius 3 is 2.35 bits per heavy atom. The maximum absolute atomic E-state index is 5.10. The molecule has 0 bridgehead atoms. The van der Waals surface area contributed by atoms with Crippen molar-refractivity contribution in [1.29, 1.82) is 0 Å². The standard InChI is InChI=1S/C29H30N2/c1-4-27-26-17-21-11-7-6-10-20(21)16-22(26)14-15-25-23-12-8-9-13-24(23)28(5-2)31-29(25)19(3)18-30-27/h4-5,8-9,12-13,16-17,25,29H,1-3,6-7,10-11,14-15,18H2. The molecular weight excluding hydrogens is 376 g/mol. The zero-order valence-electron chi connectivity index (χ0n) is 18.2. The summed E-state index contributed by atoms with van der Waals surface area (Å²) in [5.41, 5.74) is 11.3. The van der Waals surface area contributed by atoms with Gasteiger partial charge >= 0.3 is 0 Å². The van der Waals surface area contributed by atoms with Crippen molar-refractivity contribution in [1.82, 2.24) is 0 Å². The zero-order valence-corrected chi connectivity index (χ0v) is 18.2. The lowest BCUT2D eigenvalue weighted by Gasteiger charge is -2.33. The van der Waals surface area contributed by atoms with Crippen LogP contribution in [-0.4, -0.2) is 24.0 Å². The second-order valence-corrected chi connectivity index (χ2v) is 8.94. The van der Waals surface area contributed by atoms with E-state index in [0.29, 0.717) is 12.5 Å². The molecule has 2 aromatic rings. The molecule has 31 heavy (non-hydrogen) atoms. The van der Waals surface area contributed by atoms with Gasteiger partial charge in [-0.15, -0.1) is 0 Å². The lowest BCUT2D eigenvalue weighted by molar-refractivity contribution is 0.536. The summed E-state index contributed by atoms with van der Waals surface area (Å²) in [6.45, 7) is 13.1. The van der Waals surface area contributed by atoms with Crippen molar-refractivity contribution in [2.24, 2.45) is 9.98 Å². The third-order valence-corrected chi connectivity index (χ3v) is 7.12. The smallest absolute Gasteiger partial charge is 0.0800 e. The topological polar surface area (TPSA) is 24.7 Å². The first-order chi connectivity index (χ1) is 15.2. The van der Waals surface area contributed by atoms with Gasteiger partial charge in [-0.1, -0.05) is 50.1 Å². The van der Waals surface area contributed by atoms with E-state index >= 15 is 0 Å². The van der Waals surface area contributed by atoms with Crippen molar-refractivity contribution in [3.63, 3.8) is 0 Å². The number of hydrogen-bond donors (Lipinski definition) is 0. The highest BCUT2D eigenvalue weighted by molar-refractivity contribution is 6.11. The second kappa shape index (κ2) is 8.26. The Bertz CT molecular complexity index is 1130. The monoisotopic (exact) mass is 406 g/mol. The van der Waals surface area contributed by atoms with Gasteiger partial charge in [-0.25, -0.2) is 0 Å². The Kier molecular flexibility index (Phi) is 5.31. The van der Waals surface area contributed by atoms with E-state index in [2.05, 4.69) is 56.1 Å². The summed E-state index contributed by atoms with van der Waals surface area (Å²) in [5.74, 6) is 0.316. The van der Waals surface area contributed by atoms with Crippen LogP contribution in [0.25, 0.3) is 0 Å². The highest BCUT2D eigenvalue weighted by Crippen LogP contribution is 2.38. The predicted molar refractivity (Wildman–Crippen MR) is 132 cm³/mol. The van der Waals surface area contributed by atoms with Gasteiger partial charge in [-0.05, 0) is 84.6 Å². The fourth-order valence-corrected chi connectivity index (χ4v) is 5.52. The van der Waals surface area contributed by atoms with E-state index in [-0.39, 0.29) is 6.04 Å². The lowest BCUT2D eigenvalue weighted by atomic mass is 9.77. The molecule has 2 unspecified atom stereocenters. The van der Waals surface area contributed by atoms with Crippen molar-refractivity contribution in [3.8, 4) is 0 Å². The largest absolute Gasteiger partial charge is 0.280 e. The molecule has 1 aliphatic carbocycles. The van der Waals surface area contributed by atoms with Crippen LogP contribution >= 0.6 is 0 Å². The molecule has 0 saturated carbocycles. The Morgan fingerprint density at radius 2 is 1.58 bits per heavy atom. The number of benzene rings is 2. The summed E-state index contributed by atoms with van der Waals surface area (Å²) in [4.78, 5) is 10.1. The van der Waals surface area contributed by atoms with Gasteiger partial charge in [0.25, 0.3) is 0 Å². The molecule has 3 aliphatic rings. The molecule has 2 aliphatic heterocycles. The minimum absolute atomic E-state index is 0.0388. The van der Waals surface area contributed by atoms with Crippen LogP contribution in [-0.2, 0) is 19.3 Å². The Labute approximate surface area is 185 Å². The molecule has 0 amide bonds. The molecule has 5 rings (SSSR count). The number of allylic oxidation sites excluding steroid dienone is 2. The molecule has 0 aromatic heterocycles. The van der Waals surface area contributed by atoms with Crippen LogP contribution < -0.4 is 0 Å². The number of aryl methyl sites for hydroxylation is 3. The average molecular weight is 407 g/mol. The first-order valence-corrected chi connectivity index (χ1v) is 11.5. The van der Waals surface area contributed by atoms with Crippen molar-refractivity contribution in [3.05, 3.63) is 107 Å². The zero-order chi connectivity index (χ0) is 21.4. The van der Waals surface area contributed by atoms with Crippen molar-refractivity contribution in [2.45, 2.75) is 50.5 Å². The fourth-order valence-electron chi connectivity index (χ4n) is 5.52. The van der Waals surface area contributed by atoms with Gasteiger partial charge in [-0.3, -0.25) is 9.98 Å². The van der Waals surface area contributed by atoms with Gasteiger partial charge in [0.05, 0.1) is 24.0 Å². The highest BCUT2D eigenvalue weighted by Gasteiger charge is 2.32. The van der Waals surface area contributed by atoms with Gasteiger partial charge in [0.1, 0.15) is 0 Å². The van der Waals surface area contributed by atoms with Gasteiger partial charge in [0.15, 0.2) is 0 Å². The van der Waals surface area contributed by atoms with Crippen LogP contribution in [0.3, 0.4) is 0 Å². The molecule has 2 nitrogen and oxygen atoms in total. The number of aliphatic imine (C=N–C) groups is 2. The molecule has 0 radical (unpaired) electrons. The maximum Gasteiger partial charge on any atom is 0.0800 e. The molecule has 2 aromatic carbocycles. The van der Waals surface area contributed by atoms with E-state index in [9.17, 15) is 0 Å². The lowest BCUT2D eigenvalue weighted by Crippen LogP contribution is -2.29. The van der Waals surface area contributed by atoms with E-state index in [1.54, 1.807) is 0 Å². The normalized spacial score (nSPS) is 22.6. The number of fused-ring (bicyclic) bond motifs is 5. The summed E-state index contributed by atoms with van der Waals surface area (Å²) in [5, 5.41) is 0. The van der Waals surface area contributed by atoms with Gasteiger partial charge in [0.2, 0.25) is 0 Å². The Balaban J connectivity index is 1.63. The Hall–Kier alpha value is -3.00. The van der Waals surface area contributed by atoms with Crippen LogP contribution in [0.1, 0.15) is 58.6 Å². The summed E-state index contributed by atoms with van der Waals surface area (Å²) < 4.78 is 0. The summed E-state index contributed by atoms with van der Waals surface area (Å²) in [7, 11) is 0. The molecule has 2 heterocycles. The predicted octanol–water partition coefficient (Wildman–Crippen LogP) is 6.18. The van der Waals surface area contributed by atoms with E-state index in [1.165, 1.54) is 59.1 Å². The molecule has 0 saturated heterocycles. The van der Waals surface area contributed by atoms with E-state index in [4.69, 9.17) is 9.98 Å². The van der Waals surface area contributed by atoms with Gasteiger partial charge in [-0.2, -0.15) is 0 Å². The molecular formula is C29H30N2. The summed E-state index contributed by atoms with van der Waals surface area (Å²) in [6, 6.07) is 13.6. The van der Waals surface area contributed by atoms with Crippen LogP contribution in [0.15, 0.2) is 83.8 Å². The first kappa shape index (κ1) is 19.9.